The fourth-order valence-electron chi connectivity index (χ4n) is 2.32. The maximum absolute atomic E-state index is 12.5. The van der Waals surface area contributed by atoms with Crippen molar-refractivity contribution in [1.29, 1.82) is 0 Å². The summed E-state index contributed by atoms with van der Waals surface area (Å²) in [5.74, 6) is 0.160. The minimum Gasteiger partial charge on any atom is -0.467 e. The largest absolute Gasteiger partial charge is 0.467 e. The Morgan fingerprint density at radius 1 is 1.43 bits per heavy atom. The Kier molecular flexibility index (Phi) is 4.25. The molecule has 0 aliphatic carbocycles. The Morgan fingerprint density at radius 2 is 2.30 bits per heavy atom. The van der Waals surface area contributed by atoms with Crippen LogP contribution in [0.25, 0.3) is 5.69 Å². The normalized spacial score (nSPS) is 12.1. The standard InChI is InChI=1S/C17H17N3O3/c1-12-4-5-14(20-7-6-18-11-20)13(9-12)17(22)19-10-15(21)16-3-2-8-23-16/h2-9,11,15,21H,10H2,1H3,(H,19,22)/t15-/m0/s1. The molecule has 23 heavy (non-hydrogen) atoms. The van der Waals surface area contributed by atoms with Crippen LogP contribution < -0.4 is 5.32 Å². The number of carbonyl (C=O) groups is 1. The van der Waals surface area contributed by atoms with E-state index in [0.29, 0.717) is 11.3 Å². The molecule has 0 bridgehead atoms. The van der Waals surface area contributed by atoms with Crippen LogP contribution in [0, 0.1) is 6.92 Å². The maximum Gasteiger partial charge on any atom is 0.253 e. The molecule has 3 rings (SSSR count). The molecule has 0 unspecified atom stereocenters. The van der Waals surface area contributed by atoms with Gasteiger partial charge in [-0.2, -0.15) is 0 Å². The highest BCUT2D eigenvalue weighted by Gasteiger charge is 2.16. The summed E-state index contributed by atoms with van der Waals surface area (Å²) in [6.45, 7) is 2.00. The highest BCUT2D eigenvalue weighted by atomic mass is 16.4. The van der Waals surface area contributed by atoms with Gasteiger partial charge in [0.2, 0.25) is 0 Å². The molecule has 3 aromatic rings. The van der Waals surface area contributed by atoms with Crippen LogP contribution in [-0.2, 0) is 0 Å². The first-order chi connectivity index (χ1) is 11.1. The van der Waals surface area contributed by atoms with Gasteiger partial charge >= 0.3 is 0 Å². The van der Waals surface area contributed by atoms with Crippen molar-refractivity contribution in [3.63, 3.8) is 0 Å². The van der Waals surface area contributed by atoms with E-state index in [1.807, 2.05) is 25.1 Å². The van der Waals surface area contributed by atoms with Gasteiger partial charge < -0.3 is 19.4 Å². The van der Waals surface area contributed by atoms with Crippen LogP contribution in [0.2, 0.25) is 0 Å². The number of aliphatic hydroxyl groups excluding tert-OH is 1. The lowest BCUT2D eigenvalue weighted by atomic mass is 10.1. The molecule has 2 heterocycles. The molecule has 6 nitrogen and oxygen atoms in total. The van der Waals surface area contributed by atoms with Gasteiger partial charge in [0.1, 0.15) is 11.9 Å². The van der Waals surface area contributed by atoms with E-state index >= 15 is 0 Å². The maximum atomic E-state index is 12.5. The van der Waals surface area contributed by atoms with E-state index in [1.165, 1.54) is 6.26 Å². The Labute approximate surface area is 133 Å². The van der Waals surface area contributed by atoms with Gasteiger partial charge in [0.25, 0.3) is 5.91 Å². The molecule has 2 aromatic heterocycles. The minimum absolute atomic E-state index is 0.0731. The second-order valence-electron chi connectivity index (χ2n) is 5.23. The number of benzene rings is 1. The first-order valence-electron chi connectivity index (χ1n) is 7.24. The fourth-order valence-corrected chi connectivity index (χ4v) is 2.32. The molecule has 0 aliphatic rings. The lowest BCUT2D eigenvalue weighted by Crippen LogP contribution is -2.29. The Balaban J connectivity index is 1.78. The van der Waals surface area contributed by atoms with Gasteiger partial charge in [0.05, 0.1) is 30.4 Å². The molecule has 1 atom stereocenters. The van der Waals surface area contributed by atoms with Gasteiger partial charge in [-0.05, 0) is 31.2 Å². The van der Waals surface area contributed by atoms with Crippen LogP contribution in [0.3, 0.4) is 0 Å². The monoisotopic (exact) mass is 311 g/mol. The summed E-state index contributed by atoms with van der Waals surface area (Å²) in [6, 6.07) is 8.97. The van der Waals surface area contributed by atoms with Gasteiger partial charge in [0, 0.05) is 12.4 Å². The zero-order valence-corrected chi connectivity index (χ0v) is 12.6. The van der Waals surface area contributed by atoms with Crippen LogP contribution in [0.4, 0.5) is 0 Å². The van der Waals surface area contributed by atoms with E-state index in [1.54, 1.807) is 35.4 Å². The second kappa shape index (κ2) is 6.50. The van der Waals surface area contributed by atoms with E-state index in [-0.39, 0.29) is 12.5 Å². The van der Waals surface area contributed by atoms with E-state index in [0.717, 1.165) is 11.3 Å². The van der Waals surface area contributed by atoms with Crippen molar-refractivity contribution in [2.24, 2.45) is 0 Å². The van der Waals surface area contributed by atoms with Gasteiger partial charge in [-0.3, -0.25) is 4.79 Å². The zero-order valence-electron chi connectivity index (χ0n) is 12.6. The van der Waals surface area contributed by atoms with E-state index < -0.39 is 6.10 Å². The van der Waals surface area contributed by atoms with Crippen molar-refractivity contribution >= 4 is 5.91 Å². The topological polar surface area (TPSA) is 80.3 Å². The van der Waals surface area contributed by atoms with Crippen molar-refractivity contribution in [2.75, 3.05) is 6.54 Å². The highest BCUT2D eigenvalue weighted by Crippen LogP contribution is 2.17. The molecule has 0 saturated heterocycles. The molecule has 118 valence electrons. The summed E-state index contributed by atoms with van der Waals surface area (Å²) < 4.78 is 6.90. The highest BCUT2D eigenvalue weighted by molar-refractivity contribution is 5.98. The van der Waals surface area contributed by atoms with Crippen LogP contribution in [-0.4, -0.2) is 27.1 Å². The quantitative estimate of drug-likeness (QED) is 0.757. The number of nitrogens with one attached hydrogen (secondary N) is 1. The van der Waals surface area contributed by atoms with Crippen molar-refractivity contribution in [2.45, 2.75) is 13.0 Å². The number of aromatic nitrogens is 2. The molecule has 1 amide bonds. The van der Waals surface area contributed by atoms with Gasteiger partial charge in [-0.1, -0.05) is 11.6 Å². The first-order valence-corrected chi connectivity index (χ1v) is 7.24. The third-order valence-electron chi connectivity index (χ3n) is 3.51. The van der Waals surface area contributed by atoms with Crippen molar-refractivity contribution < 1.29 is 14.3 Å². The average molecular weight is 311 g/mol. The molecule has 1 aromatic carbocycles. The minimum atomic E-state index is -0.879. The van der Waals surface area contributed by atoms with Gasteiger partial charge in [-0.25, -0.2) is 4.98 Å². The number of hydrogen-bond acceptors (Lipinski definition) is 4. The SMILES string of the molecule is Cc1ccc(-n2ccnc2)c(C(=O)NC[C@H](O)c2ccco2)c1. The Hall–Kier alpha value is -2.86. The van der Waals surface area contributed by atoms with E-state index in [4.69, 9.17) is 4.42 Å². The molecule has 0 spiro atoms. The van der Waals surface area contributed by atoms with Crippen LogP contribution >= 0.6 is 0 Å². The third-order valence-corrected chi connectivity index (χ3v) is 3.51. The number of furan rings is 1. The fraction of sp³-hybridized carbons (Fsp3) is 0.176. The first kappa shape index (κ1) is 15.1. The number of aryl methyl sites for hydroxylation is 1. The number of hydrogen-bond donors (Lipinski definition) is 2. The molecular weight excluding hydrogens is 294 g/mol. The van der Waals surface area contributed by atoms with Gasteiger partial charge in [0.15, 0.2) is 0 Å². The molecule has 6 heteroatoms. The molecule has 0 saturated carbocycles. The van der Waals surface area contributed by atoms with Crippen molar-refractivity contribution in [3.8, 4) is 5.69 Å². The summed E-state index contributed by atoms with van der Waals surface area (Å²) in [7, 11) is 0. The summed E-state index contributed by atoms with van der Waals surface area (Å²) in [4.78, 5) is 16.5. The van der Waals surface area contributed by atoms with Gasteiger partial charge in [-0.15, -0.1) is 0 Å². The van der Waals surface area contributed by atoms with Crippen LogP contribution in [0.1, 0.15) is 27.8 Å². The molecule has 0 fully saturated rings. The summed E-state index contributed by atoms with van der Waals surface area (Å²) in [5.41, 5.74) is 2.23. The number of rotatable bonds is 5. The number of imidazole rings is 1. The Bertz CT molecular complexity index is 780. The predicted molar refractivity (Wildman–Crippen MR) is 84.3 cm³/mol. The van der Waals surface area contributed by atoms with Crippen LogP contribution in [0.15, 0.2) is 59.7 Å². The molecule has 0 radical (unpaired) electrons. The number of aliphatic hydroxyl groups is 1. The average Bonchev–Trinajstić information content (AvgIpc) is 3.25. The molecular formula is C17H17N3O3. The lowest BCUT2D eigenvalue weighted by Gasteiger charge is -2.13. The number of carbonyl (C=O) groups excluding carboxylic acids is 1. The van der Waals surface area contributed by atoms with E-state index in [9.17, 15) is 9.90 Å². The predicted octanol–water partition coefficient (Wildman–Crippen LogP) is 2.24. The summed E-state index contributed by atoms with van der Waals surface area (Å²) in [6.07, 6.45) is 5.67. The Morgan fingerprint density at radius 3 is 3.00 bits per heavy atom. The van der Waals surface area contributed by atoms with Crippen molar-refractivity contribution in [1.82, 2.24) is 14.9 Å². The molecule has 0 aliphatic heterocycles. The second-order valence-corrected chi connectivity index (χ2v) is 5.23. The number of amides is 1. The lowest BCUT2D eigenvalue weighted by molar-refractivity contribution is 0.0901. The summed E-state index contributed by atoms with van der Waals surface area (Å²) in [5, 5.41) is 12.7. The summed E-state index contributed by atoms with van der Waals surface area (Å²) >= 11 is 0. The molecule has 2 N–H and O–H groups in total. The van der Waals surface area contributed by atoms with Crippen molar-refractivity contribution in [3.05, 3.63) is 72.2 Å². The smallest absolute Gasteiger partial charge is 0.253 e. The number of nitrogens with zero attached hydrogens (tertiary/aromatic N) is 2. The third kappa shape index (κ3) is 3.32. The zero-order chi connectivity index (χ0) is 16.2. The van der Waals surface area contributed by atoms with E-state index in [2.05, 4.69) is 10.3 Å². The van der Waals surface area contributed by atoms with Crippen LogP contribution in [0.5, 0.6) is 0 Å².